The van der Waals surface area contributed by atoms with Gasteiger partial charge in [0.05, 0.1) is 6.61 Å². The van der Waals surface area contributed by atoms with E-state index in [1.807, 2.05) is 0 Å². The summed E-state index contributed by atoms with van der Waals surface area (Å²) in [6.07, 6.45) is 11.1. The quantitative estimate of drug-likeness (QED) is 0.220. The number of esters is 1. The molecule has 0 saturated carbocycles. The number of aryl methyl sites for hydroxylation is 1. The van der Waals surface area contributed by atoms with Crippen LogP contribution in [0.2, 0.25) is 0 Å². The first-order valence-corrected chi connectivity index (χ1v) is 9.34. The Bertz CT molecular complexity index is 537. The number of hydrogen-bond acceptors (Lipinski definition) is 4. The minimum absolute atomic E-state index is 0.210. The van der Waals surface area contributed by atoms with Crippen molar-refractivity contribution in [2.75, 3.05) is 6.61 Å². The molecular weight excluding hydrogens is 316 g/mol. The lowest BCUT2D eigenvalue weighted by Gasteiger charge is -2.06. The van der Waals surface area contributed by atoms with Crippen LogP contribution in [0.25, 0.3) is 0 Å². The largest absolute Gasteiger partial charge is 0.508 e. The molecule has 0 aliphatic carbocycles. The van der Waals surface area contributed by atoms with Gasteiger partial charge in [-0.15, -0.1) is 0 Å². The molecule has 25 heavy (non-hydrogen) atoms. The average Bonchev–Trinajstić information content (AvgIpc) is 2.58. The van der Waals surface area contributed by atoms with E-state index in [1.54, 1.807) is 19.1 Å². The van der Waals surface area contributed by atoms with Gasteiger partial charge in [0.15, 0.2) is 0 Å². The summed E-state index contributed by atoms with van der Waals surface area (Å²) >= 11 is 0. The van der Waals surface area contributed by atoms with Gasteiger partial charge in [-0.05, 0) is 49.9 Å². The van der Waals surface area contributed by atoms with Gasteiger partial charge in [0.25, 0.3) is 0 Å². The van der Waals surface area contributed by atoms with Gasteiger partial charge in [-0.3, -0.25) is 0 Å². The number of phenols is 2. The van der Waals surface area contributed by atoms with Gasteiger partial charge in [-0.1, -0.05) is 51.5 Å². The van der Waals surface area contributed by atoms with Crippen LogP contribution >= 0.6 is 0 Å². The smallest absolute Gasteiger partial charge is 0.333 e. The highest BCUT2D eigenvalue weighted by molar-refractivity contribution is 5.86. The molecule has 2 N–H and O–H groups in total. The summed E-state index contributed by atoms with van der Waals surface area (Å²) in [6.45, 7) is 5.71. The number of phenolic OH excluding ortho intramolecular Hbond substituents is 2. The highest BCUT2D eigenvalue weighted by Gasteiger charge is 2.03. The molecule has 0 amide bonds. The van der Waals surface area contributed by atoms with E-state index in [9.17, 15) is 15.0 Å². The van der Waals surface area contributed by atoms with Crippen molar-refractivity contribution in [2.24, 2.45) is 0 Å². The Balaban J connectivity index is 1.90. The van der Waals surface area contributed by atoms with Crippen LogP contribution in [-0.4, -0.2) is 22.8 Å². The third-order valence-electron chi connectivity index (χ3n) is 4.24. The molecule has 0 saturated heterocycles. The van der Waals surface area contributed by atoms with Crippen LogP contribution < -0.4 is 0 Å². The molecule has 1 aromatic carbocycles. The van der Waals surface area contributed by atoms with Crippen molar-refractivity contribution >= 4 is 5.97 Å². The molecule has 0 atom stereocenters. The van der Waals surface area contributed by atoms with Crippen LogP contribution in [0.15, 0.2) is 30.4 Å². The Morgan fingerprint density at radius 3 is 2.12 bits per heavy atom. The van der Waals surface area contributed by atoms with Crippen molar-refractivity contribution in [3.05, 3.63) is 35.9 Å². The molecule has 0 fully saturated rings. The summed E-state index contributed by atoms with van der Waals surface area (Å²) in [5.41, 5.74) is 1.28. The SMILES string of the molecule is C=C(C)C(=O)OCCCCCCCCCCCc1cc(O)ccc1O. The summed E-state index contributed by atoms with van der Waals surface area (Å²) in [7, 11) is 0. The topological polar surface area (TPSA) is 66.8 Å². The summed E-state index contributed by atoms with van der Waals surface area (Å²) < 4.78 is 5.06. The van der Waals surface area contributed by atoms with Gasteiger partial charge in [0.1, 0.15) is 11.5 Å². The van der Waals surface area contributed by atoms with Crippen molar-refractivity contribution in [3.8, 4) is 11.5 Å². The molecule has 0 unspecified atom stereocenters. The predicted molar refractivity (Wildman–Crippen MR) is 101 cm³/mol. The monoisotopic (exact) mass is 348 g/mol. The third kappa shape index (κ3) is 9.80. The molecule has 140 valence electrons. The highest BCUT2D eigenvalue weighted by Crippen LogP contribution is 2.24. The van der Waals surface area contributed by atoms with E-state index in [4.69, 9.17) is 4.74 Å². The summed E-state index contributed by atoms with van der Waals surface area (Å²) in [4.78, 5) is 11.2. The van der Waals surface area contributed by atoms with Crippen LogP contribution in [0.4, 0.5) is 0 Å². The minimum atomic E-state index is -0.293. The molecule has 0 radical (unpaired) electrons. The lowest BCUT2D eigenvalue weighted by atomic mass is 10.0. The summed E-state index contributed by atoms with van der Waals surface area (Å²) in [6, 6.07) is 4.69. The second-order valence-electron chi connectivity index (χ2n) is 6.66. The maximum atomic E-state index is 11.2. The molecule has 4 heteroatoms. The van der Waals surface area contributed by atoms with Crippen molar-refractivity contribution in [2.45, 2.75) is 71.1 Å². The molecule has 0 heterocycles. The molecule has 0 aromatic heterocycles. The molecule has 0 bridgehead atoms. The maximum absolute atomic E-state index is 11.2. The van der Waals surface area contributed by atoms with E-state index >= 15 is 0 Å². The second-order valence-corrected chi connectivity index (χ2v) is 6.66. The second kappa shape index (κ2) is 12.4. The van der Waals surface area contributed by atoms with Gasteiger partial charge >= 0.3 is 5.97 Å². The van der Waals surface area contributed by atoms with Gasteiger partial charge in [0, 0.05) is 5.57 Å². The van der Waals surface area contributed by atoms with E-state index < -0.39 is 0 Å². The zero-order valence-corrected chi connectivity index (χ0v) is 15.4. The Hall–Kier alpha value is -1.97. The Morgan fingerprint density at radius 2 is 1.52 bits per heavy atom. The lowest BCUT2D eigenvalue weighted by molar-refractivity contribution is -0.139. The first-order valence-electron chi connectivity index (χ1n) is 9.34. The first kappa shape index (κ1) is 21.1. The zero-order chi connectivity index (χ0) is 18.5. The first-order chi connectivity index (χ1) is 12.0. The number of carbonyl (C=O) groups is 1. The lowest BCUT2D eigenvalue weighted by Crippen LogP contribution is -2.05. The molecule has 0 aliphatic heterocycles. The normalized spacial score (nSPS) is 10.6. The van der Waals surface area contributed by atoms with Crippen LogP contribution in [0.3, 0.4) is 0 Å². The van der Waals surface area contributed by atoms with Gasteiger partial charge < -0.3 is 14.9 Å². The third-order valence-corrected chi connectivity index (χ3v) is 4.24. The van der Waals surface area contributed by atoms with Gasteiger partial charge in [0.2, 0.25) is 0 Å². The number of unbranched alkanes of at least 4 members (excludes halogenated alkanes) is 8. The fraction of sp³-hybridized carbons (Fsp3) is 0.571. The van der Waals surface area contributed by atoms with E-state index in [1.165, 1.54) is 38.2 Å². The van der Waals surface area contributed by atoms with Crippen LogP contribution in [0, 0.1) is 0 Å². The Morgan fingerprint density at radius 1 is 0.960 bits per heavy atom. The van der Waals surface area contributed by atoms with Crippen molar-refractivity contribution < 1.29 is 19.7 Å². The van der Waals surface area contributed by atoms with E-state index in [0.29, 0.717) is 12.2 Å². The van der Waals surface area contributed by atoms with E-state index in [2.05, 4.69) is 6.58 Å². The molecule has 0 aliphatic rings. The Labute approximate surface area is 151 Å². The molecule has 0 spiro atoms. The summed E-state index contributed by atoms with van der Waals surface area (Å²) in [5, 5.41) is 19.1. The molecule has 4 nitrogen and oxygen atoms in total. The highest BCUT2D eigenvalue weighted by atomic mass is 16.5. The van der Waals surface area contributed by atoms with Gasteiger partial charge in [-0.25, -0.2) is 4.79 Å². The number of carbonyl (C=O) groups excluding carboxylic acids is 1. The van der Waals surface area contributed by atoms with Gasteiger partial charge in [-0.2, -0.15) is 0 Å². The standard InChI is InChI=1S/C21H32O4/c1-17(2)21(24)25-15-11-9-7-5-3-4-6-8-10-12-18-16-19(22)13-14-20(18)23/h13-14,16,22-23H,1,3-12,15H2,2H3. The van der Waals surface area contributed by atoms with Crippen molar-refractivity contribution in [1.29, 1.82) is 0 Å². The molecule has 1 aromatic rings. The van der Waals surface area contributed by atoms with Crippen LogP contribution in [0.1, 0.15) is 70.3 Å². The number of aromatic hydroxyl groups is 2. The zero-order valence-electron chi connectivity index (χ0n) is 15.4. The summed E-state index contributed by atoms with van der Waals surface area (Å²) in [5.74, 6) is 0.188. The van der Waals surface area contributed by atoms with Crippen molar-refractivity contribution in [1.82, 2.24) is 0 Å². The maximum Gasteiger partial charge on any atom is 0.333 e. The van der Waals surface area contributed by atoms with Crippen molar-refractivity contribution in [3.63, 3.8) is 0 Å². The Kier molecular flexibility index (Phi) is 10.5. The number of benzene rings is 1. The van der Waals surface area contributed by atoms with E-state index in [0.717, 1.165) is 37.7 Å². The minimum Gasteiger partial charge on any atom is -0.508 e. The number of hydrogen-bond donors (Lipinski definition) is 2. The van der Waals surface area contributed by atoms with Crippen LogP contribution in [-0.2, 0) is 16.0 Å². The van der Waals surface area contributed by atoms with E-state index in [-0.39, 0.29) is 17.5 Å². The van der Waals surface area contributed by atoms with Crippen LogP contribution in [0.5, 0.6) is 11.5 Å². The molecular formula is C21H32O4. The fourth-order valence-electron chi connectivity index (χ4n) is 2.72. The average molecular weight is 348 g/mol. The molecule has 1 rings (SSSR count). The predicted octanol–water partition coefficient (Wildman–Crippen LogP) is 5.27. The number of rotatable bonds is 13. The number of ether oxygens (including phenoxy) is 1. The fourth-order valence-corrected chi connectivity index (χ4v) is 2.72.